The van der Waals surface area contributed by atoms with Gasteiger partial charge in [-0.05, 0) is 61.8 Å². The van der Waals surface area contributed by atoms with Crippen LogP contribution in [0.4, 0.5) is 0 Å². The Morgan fingerprint density at radius 1 is 1.00 bits per heavy atom. The second kappa shape index (κ2) is 9.92. The van der Waals surface area contributed by atoms with Crippen molar-refractivity contribution in [3.05, 3.63) is 77.4 Å². The lowest BCUT2D eigenvalue weighted by Crippen LogP contribution is -2.30. The summed E-state index contributed by atoms with van der Waals surface area (Å²) < 4.78 is 36.7. The van der Waals surface area contributed by atoms with Crippen LogP contribution in [0.3, 0.4) is 0 Å². The highest BCUT2D eigenvalue weighted by molar-refractivity contribution is 7.90. The van der Waals surface area contributed by atoms with Crippen LogP contribution in [0.2, 0.25) is 0 Å². The van der Waals surface area contributed by atoms with Crippen molar-refractivity contribution in [2.45, 2.75) is 69.5 Å². The van der Waals surface area contributed by atoms with Gasteiger partial charge in [0.15, 0.2) is 0 Å². The fourth-order valence-electron chi connectivity index (χ4n) is 4.59. The van der Waals surface area contributed by atoms with Gasteiger partial charge in [-0.1, -0.05) is 73.4 Å². The molecule has 0 radical (unpaired) electrons. The van der Waals surface area contributed by atoms with Crippen LogP contribution in [0.15, 0.2) is 75.5 Å². The lowest BCUT2D eigenvalue weighted by molar-refractivity contribution is 0.0170. The summed E-state index contributed by atoms with van der Waals surface area (Å²) >= 11 is 0. The lowest BCUT2D eigenvalue weighted by Gasteiger charge is -2.31. The topological polar surface area (TPSA) is 55.7 Å². The van der Waals surface area contributed by atoms with E-state index in [2.05, 4.69) is 22.6 Å². The standard InChI is InChI=1S/C26H31NO3S/c1-20-15-17-23(18-16-20)31(28,29)27-25-14-8-13-24(25)26(22-11-6-3-7-12-22)30-19-21-9-4-2-5-10-21/h2,4-5,9-10,13,15-18,22,26H,3,6-8,11-12,14,19H2,1H3/b27-25+. The van der Waals surface area contributed by atoms with E-state index < -0.39 is 10.0 Å². The second-order valence-electron chi connectivity index (χ2n) is 8.64. The average molecular weight is 438 g/mol. The quantitative estimate of drug-likeness (QED) is 0.533. The summed E-state index contributed by atoms with van der Waals surface area (Å²) in [6.45, 7) is 2.47. The summed E-state index contributed by atoms with van der Waals surface area (Å²) in [7, 11) is -3.73. The molecule has 0 N–H and O–H groups in total. The molecule has 0 saturated heterocycles. The maximum atomic E-state index is 13.0. The Kier molecular flexibility index (Phi) is 7.03. The number of aryl methyl sites for hydroxylation is 1. The molecule has 1 fully saturated rings. The van der Waals surface area contributed by atoms with E-state index in [0.29, 0.717) is 24.7 Å². The smallest absolute Gasteiger partial charge is 0.282 e. The van der Waals surface area contributed by atoms with Crippen molar-refractivity contribution in [3.8, 4) is 0 Å². The monoisotopic (exact) mass is 437 g/mol. The molecule has 0 bridgehead atoms. The molecule has 1 saturated carbocycles. The zero-order valence-corrected chi connectivity index (χ0v) is 19.0. The average Bonchev–Trinajstić information content (AvgIpc) is 3.23. The zero-order chi connectivity index (χ0) is 21.7. The molecule has 0 heterocycles. The molecule has 31 heavy (non-hydrogen) atoms. The third-order valence-corrected chi connectivity index (χ3v) is 7.61. The Hall–Kier alpha value is -2.24. The lowest BCUT2D eigenvalue weighted by atomic mass is 9.82. The minimum Gasteiger partial charge on any atom is -0.369 e. The van der Waals surface area contributed by atoms with Crippen molar-refractivity contribution < 1.29 is 13.2 Å². The van der Waals surface area contributed by atoms with Crippen molar-refractivity contribution in [1.29, 1.82) is 0 Å². The maximum Gasteiger partial charge on any atom is 0.282 e. The normalized spacial score (nSPS) is 20.0. The number of hydrogen-bond donors (Lipinski definition) is 0. The first-order valence-corrected chi connectivity index (χ1v) is 12.7. The van der Waals surface area contributed by atoms with Crippen LogP contribution in [-0.2, 0) is 21.4 Å². The van der Waals surface area contributed by atoms with E-state index in [0.717, 1.165) is 36.0 Å². The molecular formula is C26H31NO3S. The molecule has 5 heteroatoms. The van der Waals surface area contributed by atoms with Gasteiger partial charge in [-0.2, -0.15) is 12.8 Å². The van der Waals surface area contributed by atoms with Crippen LogP contribution in [0.1, 0.15) is 56.1 Å². The van der Waals surface area contributed by atoms with E-state index in [4.69, 9.17) is 4.74 Å². The number of allylic oxidation sites excluding steroid dienone is 1. The largest absolute Gasteiger partial charge is 0.369 e. The number of sulfonamides is 1. The highest BCUT2D eigenvalue weighted by atomic mass is 32.2. The first kappa shape index (κ1) is 22.0. The molecule has 0 spiro atoms. The Morgan fingerprint density at radius 3 is 2.42 bits per heavy atom. The van der Waals surface area contributed by atoms with Gasteiger partial charge in [0.05, 0.1) is 23.3 Å². The summed E-state index contributed by atoms with van der Waals surface area (Å²) in [4.78, 5) is 0.247. The number of benzene rings is 2. The SMILES string of the molecule is Cc1ccc(S(=O)(=O)/N=C2\CCC=C2C(OCc2ccccc2)C2CCCCC2)cc1. The van der Waals surface area contributed by atoms with Gasteiger partial charge in [-0.3, -0.25) is 0 Å². The van der Waals surface area contributed by atoms with E-state index in [9.17, 15) is 8.42 Å². The molecule has 2 aromatic rings. The molecule has 2 aliphatic carbocycles. The van der Waals surface area contributed by atoms with Gasteiger partial charge in [0.25, 0.3) is 10.0 Å². The molecular weight excluding hydrogens is 406 g/mol. The molecule has 1 atom stereocenters. The Morgan fingerprint density at radius 2 is 1.71 bits per heavy atom. The van der Waals surface area contributed by atoms with Gasteiger partial charge < -0.3 is 4.74 Å². The molecule has 0 aromatic heterocycles. The minimum atomic E-state index is -3.73. The van der Waals surface area contributed by atoms with E-state index >= 15 is 0 Å². The Bertz CT molecular complexity index is 1030. The number of rotatable bonds is 7. The Balaban J connectivity index is 1.60. The van der Waals surface area contributed by atoms with Gasteiger partial charge in [0, 0.05) is 0 Å². The minimum absolute atomic E-state index is 0.102. The molecule has 4 rings (SSSR count). The summed E-state index contributed by atoms with van der Waals surface area (Å²) in [5.74, 6) is 0.411. The van der Waals surface area contributed by atoms with E-state index in [1.807, 2.05) is 37.3 Å². The van der Waals surface area contributed by atoms with Crippen molar-refractivity contribution in [2.75, 3.05) is 0 Å². The summed E-state index contributed by atoms with van der Waals surface area (Å²) in [5.41, 5.74) is 3.81. The Labute approximate surface area is 186 Å². The molecule has 2 aliphatic rings. The van der Waals surface area contributed by atoms with Crippen molar-refractivity contribution in [3.63, 3.8) is 0 Å². The predicted octanol–water partition coefficient (Wildman–Crippen LogP) is 6.01. The summed E-state index contributed by atoms with van der Waals surface area (Å²) in [5, 5.41) is 0. The van der Waals surface area contributed by atoms with Gasteiger partial charge >= 0.3 is 0 Å². The number of ether oxygens (including phenoxy) is 1. The molecule has 0 amide bonds. The second-order valence-corrected chi connectivity index (χ2v) is 10.2. The van der Waals surface area contributed by atoms with Crippen LogP contribution in [0.5, 0.6) is 0 Å². The van der Waals surface area contributed by atoms with Crippen LogP contribution in [-0.4, -0.2) is 20.2 Å². The third kappa shape index (κ3) is 5.52. The first-order chi connectivity index (χ1) is 15.0. The predicted molar refractivity (Wildman–Crippen MR) is 125 cm³/mol. The zero-order valence-electron chi connectivity index (χ0n) is 18.2. The first-order valence-electron chi connectivity index (χ1n) is 11.3. The third-order valence-electron chi connectivity index (χ3n) is 6.28. The molecule has 2 aromatic carbocycles. The van der Waals surface area contributed by atoms with Crippen molar-refractivity contribution in [2.24, 2.45) is 10.3 Å². The fourth-order valence-corrected chi connectivity index (χ4v) is 5.66. The van der Waals surface area contributed by atoms with Gasteiger partial charge in [-0.15, -0.1) is 0 Å². The fraction of sp³-hybridized carbons (Fsp3) is 0.423. The van der Waals surface area contributed by atoms with Gasteiger partial charge in [-0.25, -0.2) is 0 Å². The maximum absolute atomic E-state index is 13.0. The van der Waals surface area contributed by atoms with Crippen LogP contribution in [0.25, 0.3) is 0 Å². The highest BCUT2D eigenvalue weighted by Crippen LogP contribution is 2.35. The molecule has 164 valence electrons. The van der Waals surface area contributed by atoms with Crippen LogP contribution < -0.4 is 0 Å². The molecule has 1 unspecified atom stereocenters. The van der Waals surface area contributed by atoms with Gasteiger partial charge in [0.2, 0.25) is 0 Å². The number of hydrogen-bond acceptors (Lipinski definition) is 3. The van der Waals surface area contributed by atoms with Crippen molar-refractivity contribution >= 4 is 15.7 Å². The van der Waals surface area contributed by atoms with Gasteiger partial charge in [0.1, 0.15) is 0 Å². The number of nitrogens with zero attached hydrogens (tertiary/aromatic N) is 1. The summed E-state index contributed by atoms with van der Waals surface area (Å²) in [6.07, 6.45) is 9.43. The van der Waals surface area contributed by atoms with Crippen LogP contribution in [0, 0.1) is 12.8 Å². The van der Waals surface area contributed by atoms with E-state index in [1.165, 1.54) is 19.3 Å². The molecule has 0 aliphatic heterocycles. The van der Waals surface area contributed by atoms with Crippen molar-refractivity contribution in [1.82, 2.24) is 0 Å². The highest BCUT2D eigenvalue weighted by Gasteiger charge is 2.32. The molecule has 4 nitrogen and oxygen atoms in total. The summed E-state index contributed by atoms with van der Waals surface area (Å²) in [6, 6.07) is 17.1. The van der Waals surface area contributed by atoms with Crippen LogP contribution >= 0.6 is 0 Å². The van der Waals surface area contributed by atoms with E-state index in [1.54, 1.807) is 12.1 Å². The van der Waals surface area contributed by atoms with E-state index in [-0.39, 0.29) is 11.0 Å².